The second-order valence-corrected chi connectivity index (χ2v) is 11.4. The fraction of sp³-hybridized carbons (Fsp3) is 0.444. The van der Waals surface area contributed by atoms with Gasteiger partial charge >= 0.3 is 0 Å². The maximum Gasteiger partial charge on any atom is 0.166 e. The highest BCUT2D eigenvalue weighted by Gasteiger charge is 2.73. The highest BCUT2D eigenvalue weighted by Crippen LogP contribution is 2.69. The van der Waals surface area contributed by atoms with Crippen LogP contribution in [0, 0.1) is 5.92 Å². The van der Waals surface area contributed by atoms with Gasteiger partial charge in [0, 0.05) is 46.2 Å². The zero-order chi connectivity index (χ0) is 23.0. The molecule has 3 aliphatic carbocycles. The number of likely N-dealkylation sites (tertiary alicyclic amines) is 1. The molecule has 8 rings (SSSR count). The van der Waals surface area contributed by atoms with Crippen LogP contribution in [0.3, 0.4) is 0 Å². The Labute approximate surface area is 202 Å². The van der Waals surface area contributed by atoms with E-state index in [0.717, 1.165) is 59.6 Å². The van der Waals surface area contributed by atoms with Crippen molar-refractivity contribution in [2.75, 3.05) is 18.8 Å². The number of hydrogen-bond donors (Lipinski definition) is 3. The van der Waals surface area contributed by atoms with Crippen LogP contribution in [-0.4, -0.2) is 44.8 Å². The van der Waals surface area contributed by atoms with Crippen LogP contribution in [0.25, 0.3) is 10.9 Å². The Morgan fingerprint density at radius 3 is 2.91 bits per heavy atom. The van der Waals surface area contributed by atoms with Crippen molar-refractivity contribution in [3.05, 3.63) is 57.7 Å². The van der Waals surface area contributed by atoms with E-state index in [1.807, 2.05) is 24.3 Å². The number of rotatable bonds is 2. The summed E-state index contributed by atoms with van der Waals surface area (Å²) >= 11 is 6.29. The Morgan fingerprint density at radius 1 is 1.24 bits per heavy atom. The second kappa shape index (κ2) is 6.17. The first-order valence-corrected chi connectivity index (χ1v) is 12.6. The molecule has 1 spiro atoms. The standard InChI is InChI=1S/C27H26ClN3O3/c28-15-4-5-18-16(10-15)22(29)17-11-27(33)20-9-14-3-6-19(32)24-21(14)26(27,25(34-24)23(17)30-18)7-8-31(20)12-13-1-2-13/h3-6,10,13,20,25,32-33H,1-2,7-9,11-12H2,(H2,29,30)/t20-,25-,26-,27+/m0/s1. The van der Waals surface area contributed by atoms with E-state index in [4.69, 9.17) is 27.1 Å². The Balaban J connectivity index is 1.42. The van der Waals surface area contributed by atoms with Gasteiger partial charge in [-0.05, 0) is 68.0 Å². The van der Waals surface area contributed by atoms with E-state index < -0.39 is 17.1 Å². The number of benzene rings is 2. The van der Waals surface area contributed by atoms with E-state index in [1.54, 1.807) is 6.07 Å². The number of nitrogens with zero attached hydrogens (tertiary/aromatic N) is 2. The Hall–Kier alpha value is -2.54. The third-order valence-electron chi connectivity index (χ3n) is 9.33. The van der Waals surface area contributed by atoms with Gasteiger partial charge in [0.2, 0.25) is 0 Å². The van der Waals surface area contributed by atoms with Crippen LogP contribution in [0.5, 0.6) is 11.5 Å². The number of phenols is 1. The lowest BCUT2D eigenvalue weighted by molar-refractivity contribution is -0.173. The smallest absolute Gasteiger partial charge is 0.166 e. The lowest BCUT2D eigenvalue weighted by Gasteiger charge is -2.63. The van der Waals surface area contributed by atoms with Gasteiger partial charge in [0.1, 0.15) is 0 Å². The van der Waals surface area contributed by atoms with Crippen LogP contribution in [0.15, 0.2) is 30.3 Å². The Kier molecular flexibility index (Phi) is 3.58. The molecule has 6 nitrogen and oxygen atoms in total. The molecule has 0 radical (unpaired) electrons. The third-order valence-corrected chi connectivity index (χ3v) is 9.57. The minimum absolute atomic E-state index is 0.0291. The fourth-order valence-electron chi connectivity index (χ4n) is 7.64. The summed E-state index contributed by atoms with van der Waals surface area (Å²) in [5.41, 5.74) is 10.2. The summed E-state index contributed by atoms with van der Waals surface area (Å²) in [6, 6.07) is 9.29. The SMILES string of the molecule is Nc1c2c(nc3ccc(Cl)cc13)[C@@H]1Oc3c(O)ccc4c3[C@@]13CCN(CC1CC1)[C@@H](C4)[C@]3(O)C2. The summed E-state index contributed by atoms with van der Waals surface area (Å²) in [7, 11) is 0. The maximum absolute atomic E-state index is 12.8. The first-order valence-electron chi connectivity index (χ1n) is 12.3. The number of ether oxygens (including phenoxy) is 1. The van der Waals surface area contributed by atoms with Gasteiger partial charge in [-0.25, -0.2) is 4.98 Å². The average molecular weight is 476 g/mol. The molecule has 2 bridgehead atoms. The number of anilines is 1. The number of phenolic OH excluding ortho intramolecular Hbond substituents is 1. The van der Waals surface area contributed by atoms with Crippen LogP contribution in [0.1, 0.15) is 47.8 Å². The zero-order valence-corrected chi connectivity index (χ0v) is 19.5. The fourth-order valence-corrected chi connectivity index (χ4v) is 7.82. The van der Waals surface area contributed by atoms with Crippen molar-refractivity contribution < 1.29 is 14.9 Å². The third kappa shape index (κ3) is 2.19. The minimum atomic E-state index is -1.06. The molecule has 1 saturated heterocycles. The van der Waals surface area contributed by atoms with Crippen molar-refractivity contribution in [1.29, 1.82) is 0 Å². The number of aliphatic hydroxyl groups is 1. The first kappa shape index (κ1) is 19.7. The number of fused-ring (bicyclic) bond motifs is 3. The molecule has 0 unspecified atom stereocenters. The molecule has 3 aromatic rings. The molecular formula is C27H26ClN3O3. The van der Waals surface area contributed by atoms with Gasteiger partial charge in [0.05, 0.1) is 22.2 Å². The summed E-state index contributed by atoms with van der Waals surface area (Å²) in [6.45, 7) is 1.94. The number of piperidine rings is 1. The summed E-state index contributed by atoms with van der Waals surface area (Å²) in [5.74, 6) is 1.38. The number of halogens is 1. The molecule has 4 N–H and O–H groups in total. The summed E-state index contributed by atoms with van der Waals surface area (Å²) in [6.07, 6.45) is 3.99. The Bertz CT molecular complexity index is 1420. The van der Waals surface area contributed by atoms with Gasteiger partial charge < -0.3 is 20.7 Å². The lowest BCUT2D eigenvalue weighted by Crippen LogP contribution is -2.74. The van der Waals surface area contributed by atoms with Crippen molar-refractivity contribution in [2.24, 2.45) is 5.92 Å². The van der Waals surface area contributed by atoms with Crippen LogP contribution in [0.4, 0.5) is 5.69 Å². The van der Waals surface area contributed by atoms with Crippen molar-refractivity contribution in [3.8, 4) is 11.5 Å². The number of nitrogen functional groups attached to an aromatic ring is 1. The van der Waals surface area contributed by atoms with Crippen LogP contribution in [-0.2, 0) is 18.3 Å². The predicted molar refractivity (Wildman–Crippen MR) is 129 cm³/mol. The summed E-state index contributed by atoms with van der Waals surface area (Å²) < 4.78 is 6.58. The number of aromatic hydroxyl groups is 1. The molecule has 174 valence electrons. The lowest BCUT2D eigenvalue weighted by atomic mass is 9.48. The van der Waals surface area contributed by atoms with Crippen LogP contribution in [0.2, 0.25) is 5.02 Å². The Morgan fingerprint density at radius 2 is 2.09 bits per heavy atom. The average Bonchev–Trinajstić information content (AvgIpc) is 3.55. The van der Waals surface area contributed by atoms with E-state index in [0.29, 0.717) is 22.9 Å². The van der Waals surface area contributed by atoms with Gasteiger partial charge in [-0.3, -0.25) is 4.90 Å². The number of hydrogen-bond acceptors (Lipinski definition) is 6. The summed E-state index contributed by atoms with van der Waals surface area (Å²) in [4.78, 5) is 7.56. The highest BCUT2D eigenvalue weighted by molar-refractivity contribution is 6.31. The van der Waals surface area contributed by atoms with Gasteiger partial charge in [-0.2, -0.15) is 0 Å². The molecule has 34 heavy (non-hydrogen) atoms. The van der Waals surface area contributed by atoms with Crippen LogP contribution >= 0.6 is 11.6 Å². The number of aromatic nitrogens is 1. The normalized spacial score (nSPS) is 32.9. The van der Waals surface area contributed by atoms with Gasteiger partial charge in [-0.1, -0.05) is 17.7 Å². The van der Waals surface area contributed by atoms with E-state index >= 15 is 0 Å². The maximum atomic E-state index is 12.8. The summed E-state index contributed by atoms with van der Waals surface area (Å²) in [5, 5.41) is 25.0. The molecule has 2 aliphatic heterocycles. The highest BCUT2D eigenvalue weighted by atomic mass is 35.5. The molecule has 3 heterocycles. The topological polar surface area (TPSA) is 91.8 Å². The van der Waals surface area contributed by atoms with Crippen molar-refractivity contribution >= 4 is 28.2 Å². The van der Waals surface area contributed by atoms with Crippen molar-refractivity contribution in [3.63, 3.8) is 0 Å². The first-order chi connectivity index (χ1) is 16.4. The molecular weight excluding hydrogens is 450 g/mol. The predicted octanol–water partition coefficient (Wildman–Crippen LogP) is 3.88. The number of nitrogens with two attached hydrogens (primary N) is 1. The van der Waals surface area contributed by atoms with Crippen molar-refractivity contribution in [1.82, 2.24) is 9.88 Å². The van der Waals surface area contributed by atoms with Gasteiger partial charge in [0.15, 0.2) is 17.6 Å². The van der Waals surface area contributed by atoms with Crippen LogP contribution < -0.4 is 10.5 Å². The molecule has 4 atom stereocenters. The molecule has 7 heteroatoms. The molecule has 1 aromatic heterocycles. The monoisotopic (exact) mass is 475 g/mol. The molecule has 0 amide bonds. The molecule has 5 aliphatic rings. The van der Waals surface area contributed by atoms with E-state index in [1.165, 1.54) is 18.4 Å². The zero-order valence-electron chi connectivity index (χ0n) is 18.7. The van der Waals surface area contributed by atoms with E-state index in [9.17, 15) is 10.2 Å². The molecule has 2 fully saturated rings. The van der Waals surface area contributed by atoms with Crippen molar-refractivity contribution in [2.45, 2.75) is 55.3 Å². The van der Waals surface area contributed by atoms with E-state index in [2.05, 4.69) is 4.90 Å². The van der Waals surface area contributed by atoms with E-state index in [-0.39, 0.29) is 11.8 Å². The largest absolute Gasteiger partial charge is 0.504 e. The van der Waals surface area contributed by atoms with Gasteiger partial charge in [-0.15, -0.1) is 0 Å². The molecule has 1 saturated carbocycles. The van der Waals surface area contributed by atoms with Gasteiger partial charge in [0.25, 0.3) is 0 Å². The second-order valence-electron chi connectivity index (χ2n) is 11.0. The quantitative estimate of drug-likeness (QED) is 0.521. The minimum Gasteiger partial charge on any atom is -0.504 e. The number of pyridine rings is 1. The molecule has 2 aromatic carbocycles.